The molecule has 2 atom stereocenters. The number of nitrogens with two attached hydrogens (primary N) is 1. The highest BCUT2D eigenvalue weighted by atomic mass is 32.1. The number of piperazine rings is 1. The molecule has 16 heteroatoms. The molecule has 1 aromatic carbocycles. The second-order valence-corrected chi connectivity index (χ2v) is 10.00. The van der Waals surface area contributed by atoms with E-state index in [1.165, 1.54) is 22.4 Å². The number of thiazole rings is 1. The van der Waals surface area contributed by atoms with Gasteiger partial charge in [0.15, 0.2) is 11.2 Å². The van der Waals surface area contributed by atoms with E-state index >= 15 is 0 Å². The van der Waals surface area contributed by atoms with Gasteiger partial charge in [-0.3, -0.25) is 19.3 Å². The van der Waals surface area contributed by atoms with Gasteiger partial charge >= 0.3 is 30.9 Å². The van der Waals surface area contributed by atoms with Crippen LogP contribution in [0, 0.1) is 0 Å². The normalized spacial score (nSPS) is 19.9. The number of aromatic carboxylic acids is 1. The second-order valence-electron chi connectivity index (χ2n) is 9.11. The Labute approximate surface area is 219 Å². The molecule has 2 aromatic rings. The fraction of sp³-hybridized carbons (Fsp3) is 0.364. The minimum Gasteiger partial charge on any atom is -0.534 e. The molecular weight excluding hydrogens is 519 g/mol. The monoisotopic (exact) mass is 542 g/mol. The quantitative estimate of drug-likeness (QED) is 0.226. The van der Waals surface area contributed by atoms with E-state index in [1.54, 1.807) is 6.07 Å². The van der Waals surface area contributed by atoms with Gasteiger partial charge in [-0.2, -0.15) is 0 Å². The largest absolute Gasteiger partial charge is 0.547 e. The molecule has 2 aliphatic heterocycles. The molecular formula is C22H23BN6O8S. The van der Waals surface area contributed by atoms with Crippen LogP contribution in [0.5, 0.6) is 5.75 Å². The summed E-state index contributed by atoms with van der Waals surface area (Å²) in [6, 6.07) is 2.11. The number of nitrogens with one attached hydrogen (secondary N) is 2. The van der Waals surface area contributed by atoms with Gasteiger partial charge in [-0.25, -0.2) is 14.6 Å². The lowest BCUT2D eigenvalue weighted by Crippen LogP contribution is -2.60. The lowest BCUT2D eigenvalue weighted by Gasteiger charge is -2.33. The van der Waals surface area contributed by atoms with Crippen LogP contribution in [0.15, 0.2) is 23.6 Å². The molecule has 0 spiro atoms. The third kappa shape index (κ3) is 4.87. The van der Waals surface area contributed by atoms with Crippen LogP contribution in [0.25, 0.3) is 0 Å². The zero-order valence-corrected chi connectivity index (χ0v) is 20.6. The van der Waals surface area contributed by atoms with Crippen molar-refractivity contribution in [2.75, 3.05) is 18.8 Å². The van der Waals surface area contributed by atoms with Crippen molar-refractivity contribution in [1.29, 1.82) is 0 Å². The molecule has 5 rings (SSSR count). The number of benzene rings is 1. The van der Waals surface area contributed by atoms with Crippen molar-refractivity contribution in [3.8, 4) is 5.75 Å². The molecule has 3 heterocycles. The highest BCUT2D eigenvalue weighted by Crippen LogP contribution is 2.31. The predicted molar refractivity (Wildman–Crippen MR) is 132 cm³/mol. The van der Waals surface area contributed by atoms with E-state index in [4.69, 9.17) is 10.4 Å². The van der Waals surface area contributed by atoms with Gasteiger partial charge in [0.05, 0.1) is 17.2 Å². The maximum absolute atomic E-state index is 13.3. The van der Waals surface area contributed by atoms with E-state index in [1.807, 2.05) is 0 Å². The van der Waals surface area contributed by atoms with Gasteiger partial charge in [0, 0.05) is 24.5 Å². The van der Waals surface area contributed by atoms with E-state index in [0.29, 0.717) is 5.56 Å². The fourth-order valence-electron chi connectivity index (χ4n) is 4.47. The maximum Gasteiger partial charge on any atom is 0.547 e. The Morgan fingerprint density at radius 2 is 1.97 bits per heavy atom. The predicted octanol–water partition coefficient (Wildman–Crippen LogP) is -0.853. The van der Waals surface area contributed by atoms with Crippen LogP contribution < -0.4 is 21.0 Å². The summed E-state index contributed by atoms with van der Waals surface area (Å²) in [6.45, 7) is 0.171. The highest BCUT2D eigenvalue weighted by molar-refractivity contribution is 7.13. The number of hydrogen-bond acceptors (Lipinski definition) is 10. The lowest BCUT2D eigenvalue weighted by atomic mass is 9.72. The average molecular weight is 542 g/mol. The van der Waals surface area contributed by atoms with Gasteiger partial charge in [0.1, 0.15) is 5.75 Å². The van der Waals surface area contributed by atoms with Crippen LogP contribution in [-0.2, 0) is 20.8 Å². The van der Waals surface area contributed by atoms with Crippen molar-refractivity contribution < 1.29 is 38.8 Å². The van der Waals surface area contributed by atoms with Gasteiger partial charge in [0.25, 0.3) is 0 Å². The topological polar surface area (TPSA) is 204 Å². The Morgan fingerprint density at radius 3 is 2.63 bits per heavy atom. The first-order valence-electron chi connectivity index (χ1n) is 11.8. The molecule has 198 valence electrons. The van der Waals surface area contributed by atoms with E-state index < -0.39 is 48.8 Å². The van der Waals surface area contributed by atoms with Gasteiger partial charge in [-0.05, 0) is 30.9 Å². The molecule has 38 heavy (non-hydrogen) atoms. The number of anilines is 1. The number of carbonyl (C=O) groups is 5. The third-order valence-electron chi connectivity index (χ3n) is 6.53. The molecule has 1 unspecified atom stereocenters. The minimum atomic E-state index is -1.58. The summed E-state index contributed by atoms with van der Waals surface area (Å²) in [5, 5.41) is 26.5. The summed E-state index contributed by atoms with van der Waals surface area (Å²) in [5.74, 6) is -4.77. The lowest BCUT2D eigenvalue weighted by molar-refractivity contribution is -0.154. The number of carbonyl (C=O) groups excluding carboxylic acids is 4. The number of para-hydroxylation sites is 1. The van der Waals surface area contributed by atoms with Crippen LogP contribution >= 0.6 is 11.3 Å². The summed E-state index contributed by atoms with van der Waals surface area (Å²) in [7, 11) is -1.58. The number of fused-ring (bicyclic) bond motifs is 1. The molecule has 2 fully saturated rings. The number of carboxylic acids is 1. The van der Waals surface area contributed by atoms with Crippen molar-refractivity contribution in [2.45, 2.75) is 37.3 Å². The summed E-state index contributed by atoms with van der Waals surface area (Å²) >= 11 is 1.03. The molecule has 3 aliphatic rings. The molecule has 1 saturated heterocycles. The van der Waals surface area contributed by atoms with Crippen LogP contribution in [-0.4, -0.2) is 86.8 Å². The van der Waals surface area contributed by atoms with Crippen LogP contribution in [0.4, 0.5) is 9.93 Å². The summed E-state index contributed by atoms with van der Waals surface area (Å²) in [6.07, 6.45) is 1.68. The van der Waals surface area contributed by atoms with E-state index in [0.717, 1.165) is 29.1 Å². The molecule has 1 saturated carbocycles. The molecule has 14 nitrogen and oxygen atoms in total. The first-order valence-corrected chi connectivity index (χ1v) is 12.7. The van der Waals surface area contributed by atoms with Crippen molar-refractivity contribution >= 4 is 53.3 Å². The minimum absolute atomic E-state index is 0.00338. The number of aromatic nitrogens is 1. The van der Waals surface area contributed by atoms with Crippen molar-refractivity contribution in [2.24, 2.45) is 0 Å². The molecule has 6 N–H and O–H groups in total. The number of hydrogen-bond donors (Lipinski definition) is 5. The fourth-order valence-corrected chi connectivity index (χ4v) is 5.06. The maximum atomic E-state index is 13.3. The number of amides is 5. The second kappa shape index (κ2) is 9.94. The SMILES string of the molecule is Nc1nc(C(NC(=O)N2CCN(C3CC3)C(=O)C2=O)C(=O)N[C@H]2Cc3cccc(C(=O)O)c3OB2O)cs1. The first kappa shape index (κ1) is 25.5. The molecule has 5 amide bonds. The highest BCUT2D eigenvalue weighted by Gasteiger charge is 2.44. The Morgan fingerprint density at radius 1 is 1.21 bits per heavy atom. The number of rotatable bonds is 6. The molecule has 0 radical (unpaired) electrons. The van der Waals surface area contributed by atoms with Gasteiger partial charge in [-0.1, -0.05) is 12.1 Å². The average Bonchev–Trinajstić information content (AvgIpc) is 3.63. The summed E-state index contributed by atoms with van der Waals surface area (Å²) in [5.41, 5.74) is 6.14. The number of nitrogen functional groups attached to an aromatic ring is 1. The Kier molecular flexibility index (Phi) is 6.67. The number of nitrogens with zero attached hydrogens (tertiary/aromatic N) is 3. The zero-order valence-electron chi connectivity index (χ0n) is 19.8. The van der Waals surface area contributed by atoms with Crippen molar-refractivity contribution in [3.63, 3.8) is 0 Å². The summed E-state index contributed by atoms with van der Waals surface area (Å²) in [4.78, 5) is 69.2. The Hall–Kier alpha value is -4.18. The van der Waals surface area contributed by atoms with Gasteiger partial charge < -0.3 is 36.1 Å². The third-order valence-corrected chi connectivity index (χ3v) is 7.22. The smallest absolute Gasteiger partial charge is 0.534 e. The molecule has 1 aromatic heterocycles. The van der Waals surface area contributed by atoms with Crippen molar-refractivity contribution in [3.05, 3.63) is 40.4 Å². The standard InChI is InChI=1S/C22H23BN6O8S/c24-21-25-13(9-38-21)15(27-22(35)29-7-6-28(11-4-5-11)18(31)19(29)32)17(30)26-14-8-10-2-1-3-12(20(33)34)16(10)37-23(14)36/h1-3,9,11,14-15,36H,4-8H2,(H2,24,25)(H,26,30)(H,27,35)(H,33,34)/t14-,15?/m0/s1. The zero-order chi connectivity index (χ0) is 27.1. The molecule has 1 aliphatic carbocycles. The Bertz CT molecular complexity index is 1330. The first-order chi connectivity index (χ1) is 18.1. The van der Waals surface area contributed by atoms with E-state index in [9.17, 15) is 34.1 Å². The van der Waals surface area contributed by atoms with Crippen LogP contribution in [0.2, 0.25) is 0 Å². The van der Waals surface area contributed by atoms with Gasteiger partial charge in [0.2, 0.25) is 5.91 Å². The number of imide groups is 1. The Balaban J connectivity index is 1.32. The van der Waals surface area contributed by atoms with Gasteiger partial charge in [-0.15, -0.1) is 11.3 Å². The molecule has 0 bridgehead atoms. The number of urea groups is 1. The van der Waals surface area contributed by atoms with Crippen molar-refractivity contribution in [1.82, 2.24) is 25.4 Å². The number of carboxylic acid groups (broad SMARTS) is 1. The van der Waals surface area contributed by atoms with Crippen LogP contribution in [0.3, 0.4) is 0 Å². The summed E-state index contributed by atoms with van der Waals surface area (Å²) < 4.78 is 5.41. The van der Waals surface area contributed by atoms with E-state index in [2.05, 4.69) is 15.6 Å². The van der Waals surface area contributed by atoms with Crippen LogP contribution in [0.1, 0.15) is 40.5 Å². The van der Waals surface area contributed by atoms with E-state index in [-0.39, 0.29) is 47.7 Å².